The molecule has 5 rings (SSSR count). The van der Waals surface area contributed by atoms with Gasteiger partial charge in [0.05, 0.1) is 5.69 Å². The van der Waals surface area contributed by atoms with Gasteiger partial charge in [-0.3, -0.25) is 4.79 Å². The van der Waals surface area contributed by atoms with Crippen LogP contribution < -0.4 is 9.80 Å². The molecule has 138 valence electrons. The molecule has 0 atom stereocenters. The van der Waals surface area contributed by atoms with Crippen LogP contribution in [0.1, 0.15) is 24.1 Å². The fourth-order valence-electron chi connectivity index (χ4n) is 4.40. The first kappa shape index (κ1) is 16.3. The smallest absolute Gasteiger partial charge is 0.230 e. The topological polar surface area (TPSA) is 53.7 Å². The maximum Gasteiger partial charge on any atom is 0.230 e. The highest BCUT2D eigenvalue weighted by atomic mass is 16.2. The quantitative estimate of drug-likeness (QED) is 0.704. The summed E-state index contributed by atoms with van der Waals surface area (Å²) in [5, 5.41) is 4.47. The van der Waals surface area contributed by atoms with E-state index in [0.717, 1.165) is 61.6 Å². The summed E-state index contributed by atoms with van der Waals surface area (Å²) in [7, 11) is 0. The van der Waals surface area contributed by atoms with Crippen molar-refractivity contribution < 1.29 is 4.79 Å². The summed E-state index contributed by atoms with van der Waals surface area (Å²) in [6.07, 6.45) is 6.38. The van der Waals surface area contributed by atoms with Crippen molar-refractivity contribution in [3.63, 3.8) is 0 Å². The fraction of sp³-hybridized carbons (Fsp3) is 0.381. The number of aryl methyl sites for hydroxylation is 1. The Bertz CT molecular complexity index is 1000. The van der Waals surface area contributed by atoms with Crippen LogP contribution >= 0.6 is 0 Å². The molecule has 2 aliphatic heterocycles. The monoisotopic (exact) mass is 361 g/mol. The molecule has 0 aliphatic carbocycles. The average Bonchev–Trinajstić information content (AvgIpc) is 3.30. The van der Waals surface area contributed by atoms with Crippen LogP contribution in [0.5, 0.6) is 0 Å². The number of hydrogen-bond acceptors (Lipinski definition) is 4. The van der Waals surface area contributed by atoms with Crippen molar-refractivity contribution in [2.45, 2.75) is 26.2 Å². The van der Waals surface area contributed by atoms with Gasteiger partial charge in [-0.2, -0.15) is 5.10 Å². The molecule has 0 radical (unpaired) electrons. The Hall–Kier alpha value is -2.89. The van der Waals surface area contributed by atoms with E-state index >= 15 is 0 Å². The summed E-state index contributed by atoms with van der Waals surface area (Å²) in [4.78, 5) is 22.0. The van der Waals surface area contributed by atoms with E-state index < -0.39 is 0 Å². The Morgan fingerprint density at radius 1 is 1.15 bits per heavy atom. The summed E-state index contributed by atoms with van der Waals surface area (Å²) < 4.78 is 1.88. The molecule has 1 saturated heterocycles. The van der Waals surface area contributed by atoms with Crippen LogP contribution in [-0.4, -0.2) is 40.1 Å². The van der Waals surface area contributed by atoms with Crippen molar-refractivity contribution in [3.05, 3.63) is 54.0 Å². The summed E-state index contributed by atoms with van der Waals surface area (Å²) in [6, 6.07) is 10.3. The normalized spacial score (nSPS) is 17.5. The summed E-state index contributed by atoms with van der Waals surface area (Å²) in [5.74, 6) is 1.35. The highest BCUT2D eigenvalue weighted by Crippen LogP contribution is 2.32. The summed E-state index contributed by atoms with van der Waals surface area (Å²) in [5.41, 5.74) is 4.41. The fourth-order valence-corrected chi connectivity index (χ4v) is 4.40. The molecule has 2 aliphatic rings. The van der Waals surface area contributed by atoms with E-state index in [4.69, 9.17) is 0 Å². The Labute approximate surface area is 158 Å². The van der Waals surface area contributed by atoms with Crippen molar-refractivity contribution in [2.24, 2.45) is 5.92 Å². The summed E-state index contributed by atoms with van der Waals surface area (Å²) >= 11 is 0. The SMILES string of the molecule is Cc1cc2c(N3CCC(C(=O)N4CCc5ccccc54)CC3)nccn2n1. The lowest BCUT2D eigenvalue weighted by Gasteiger charge is -2.34. The second kappa shape index (κ2) is 6.37. The first-order valence-electron chi connectivity index (χ1n) is 9.66. The van der Waals surface area contributed by atoms with Crippen LogP contribution in [0.4, 0.5) is 11.5 Å². The van der Waals surface area contributed by atoms with E-state index in [0.29, 0.717) is 0 Å². The largest absolute Gasteiger partial charge is 0.355 e. The minimum atomic E-state index is 0.0961. The number of para-hydroxylation sites is 1. The van der Waals surface area contributed by atoms with Crippen LogP contribution in [0, 0.1) is 12.8 Å². The van der Waals surface area contributed by atoms with Crippen molar-refractivity contribution >= 4 is 22.9 Å². The molecule has 4 heterocycles. The number of aromatic nitrogens is 3. The van der Waals surface area contributed by atoms with E-state index in [9.17, 15) is 4.79 Å². The molecule has 1 aromatic carbocycles. The van der Waals surface area contributed by atoms with Gasteiger partial charge in [0.15, 0.2) is 5.82 Å². The summed E-state index contributed by atoms with van der Waals surface area (Å²) in [6.45, 7) is 4.51. The number of carbonyl (C=O) groups is 1. The number of hydrogen-bond donors (Lipinski definition) is 0. The highest BCUT2D eigenvalue weighted by Gasteiger charge is 2.32. The standard InChI is InChI=1S/C21H23N5O/c1-15-14-19-20(22-9-13-26(19)23-15)24-10-6-17(7-11-24)21(27)25-12-8-16-4-2-3-5-18(16)25/h2-5,9,13-14,17H,6-8,10-12H2,1H3. The van der Waals surface area contributed by atoms with Gasteiger partial charge < -0.3 is 9.80 Å². The van der Waals surface area contributed by atoms with E-state index in [-0.39, 0.29) is 11.8 Å². The minimum Gasteiger partial charge on any atom is -0.355 e. The van der Waals surface area contributed by atoms with E-state index in [1.165, 1.54) is 5.56 Å². The van der Waals surface area contributed by atoms with Gasteiger partial charge in [0, 0.05) is 43.6 Å². The zero-order chi connectivity index (χ0) is 18.4. The second-order valence-electron chi connectivity index (χ2n) is 7.50. The molecular weight excluding hydrogens is 338 g/mol. The Morgan fingerprint density at radius 3 is 2.81 bits per heavy atom. The van der Waals surface area contributed by atoms with Gasteiger partial charge in [-0.05, 0) is 43.9 Å². The van der Waals surface area contributed by atoms with Gasteiger partial charge in [-0.25, -0.2) is 9.50 Å². The third-order valence-electron chi connectivity index (χ3n) is 5.79. The highest BCUT2D eigenvalue weighted by molar-refractivity contribution is 5.97. The molecule has 6 nitrogen and oxygen atoms in total. The number of piperidine rings is 1. The average molecular weight is 361 g/mol. The first-order valence-corrected chi connectivity index (χ1v) is 9.66. The number of rotatable bonds is 2. The molecule has 0 unspecified atom stereocenters. The molecular formula is C21H23N5O. The zero-order valence-corrected chi connectivity index (χ0v) is 15.5. The van der Waals surface area contributed by atoms with Gasteiger partial charge in [0.25, 0.3) is 0 Å². The van der Waals surface area contributed by atoms with Gasteiger partial charge in [0.1, 0.15) is 5.52 Å². The number of nitrogens with zero attached hydrogens (tertiary/aromatic N) is 5. The third-order valence-corrected chi connectivity index (χ3v) is 5.79. The van der Waals surface area contributed by atoms with Crippen LogP contribution in [0.15, 0.2) is 42.7 Å². The van der Waals surface area contributed by atoms with E-state index in [2.05, 4.69) is 39.2 Å². The zero-order valence-electron chi connectivity index (χ0n) is 15.5. The number of fused-ring (bicyclic) bond motifs is 2. The minimum absolute atomic E-state index is 0.0961. The van der Waals surface area contributed by atoms with Gasteiger partial charge >= 0.3 is 0 Å². The molecule has 0 bridgehead atoms. The maximum atomic E-state index is 13.1. The predicted molar refractivity (Wildman–Crippen MR) is 105 cm³/mol. The van der Waals surface area contributed by atoms with Crippen LogP contribution in [0.2, 0.25) is 0 Å². The lowest BCUT2D eigenvalue weighted by atomic mass is 9.95. The Kier molecular flexibility index (Phi) is 3.85. The number of benzene rings is 1. The molecule has 0 spiro atoms. The van der Waals surface area contributed by atoms with Crippen molar-refractivity contribution in [3.8, 4) is 0 Å². The second-order valence-corrected chi connectivity index (χ2v) is 7.50. The first-order chi connectivity index (χ1) is 13.2. The molecule has 3 aromatic rings. The molecule has 0 saturated carbocycles. The number of anilines is 2. The lowest BCUT2D eigenvalue weighted by Crippen LogP contribution is -2.42. The third kappa shape index (κ3) is 2.76. The molecule has 0 N–H and O–H groups in total. The van der Waals surface area contributed by atoms with Gasteiger partial charge in [-0.1, -0.05) is 18.2 Å². The van der Waals surface area contributed by atoms with Crippen LogP contribution in [0.25, 0.3) is 5.52 Å². The Morgan fingerprint density at radius 2 is 1.96 bits per heavy atom. The lowest BCUT2D eigenvalue weighted by molar-refractivity contribution is -0.122. The number of carbonyl (C=O) groups excluding carboxylic acids is 1. The van der Waals surface area contributed by atoms with E-state index in [1.807, 2.05) is 28.6 Å². The molecule has 1 amide bonds. The molecule has 27 heavy (non-hydrogen) atoms. The van der Waals surface area contributed by atoms with Gasteiger partial charge in [0.2, 0.25) is 5.91 Å². The molecule has 1 fully saturated rings. The van der Waals surface area contributed by atoms with Gasteiger partial charge in [-0.15, -0.1) is 0 Å². The van der Waals surface area contributed by atoms with Crippen LogP contribution in [-0.2, 0) is 11.2 Å². The molecule has 6 heteroatoms. The predicted octanol–water partition coefficient (Wildman–Crippen LogP) is 2.84. The van der Waals surface area contributed by atoms with Crippen molar-refractivity contribution in [1.82, 2.24) is 14.6 Å². The van der Waals surface area contributed by atoms with E-state index in [1.54, 1.807) is 6.20 Å². The molecule has 2 aromatic heterocycles. The maximum absolute atomic E-state index is 13.1. The van der Waals surface area contributed by atoms with Crippen molar-refractivity contribution in [2.75, 3.05) is 29.4 Å². The van der Waals surface area contributed by atoms with Crippen LogP contribution in [0.3, 0.4) is 0 Å². The van der Waals surface area contributed by atoms with Crippen molar-refractivity contribution in [1.29, 1.82) is 0 Å². The Balaban J connectivity index is 1.31. The number of amides is 1.